The second-order valence-electron chi connectivity index (χ2n) is 5.58. The fourth-order valence-corrected chi connectivity index (χ4v) is 2.72. The molecule has 116 valence electrons. The summed E-state index contributed by atoms with van der Waals surface area (Å²) in [6, 6.07) is 26.4. The zero-order chi connectivity index (χ0) is 16.4. The SMILES string of the molecule is Cn1nnc2cc(N=C(c3ccccc3)c3ccccc3)ccc21. The summed E-state index contributed by atoms with van der Waals surface area (Å²) in [5, 5.41) is 8.23. The summed E-state index contributed by atoms with van der Waals surface area (Å²) in [5.41, 5.74) is 5.82. The van der Waals surface area contributed by atoms with Gasteiger partial charge in [-0.2, -0.15) is 0 Å². The summed E-state index contributed by atoms with van der Waals surface area (Å²) in [6.07, 6.45) is 0. The average molecular weight is 312 g/mol. The first-order valence-corrected chi connectivity index (χ1v) is 7.80. The zero-order valence-electron chi connectivity index (χ0n) is 13.3. The van der Waals surface area contributed by atoms with E-state index >= 15 is 0 Å². The standard InChI is InChI=1S/C20H16N4/c1-24-19-13-12-17(14-18(19)22-23-24)21-20(15-8-4-2-5-9-15)16-10-6-3-7-11-16/h2-14H,1H3. The normalized spacial score (nSPS) is 10.7. The first-order chi connectivity index (χ1) is 11.8. The third-order valence-electron chi connectivity index (χ3n) is 3.93. The molecule has 0 saturated carbocycles. The van der Waals surface area contributed by atoms with Gasteiger partial charge in [-0.1, -0.05) is 65.9 Å². The van der Waals surface area contributed by atoms with E-state index in [-0.39, 0.29) is 0 Å². The van der Waals surface area contributed by atoms with Gasteiger partial charge in [-0.3, -0.25) is 0 Å². The maximum Gasteiger partial charge on any atom is 0.115 e. The molecule has 0 radical (unpaired) electrons. The quantitative estimate of drug-likeness (QED) is 0.534. The monoisotopic (exact) mass is 312 g/mol. The van der Waals surface area contributed by atoms with Crippen molar-refractivity contribution in [3.63, 3.8) is 0 Å². The second-order valence-corrected chi connectivity index (χ2v) is 5.58. The van der Waals surface area contributed by atoms with Gasteiger partial charge in [0, 0.05) is 18.2 Å². The summed E-state index contributed by atoms with van der Waals surface area (Å²) < 4.78 is 1.76. The molecule has 24 heavy (non-hydrogen) atoms. The lowest BCUT2D eigenvalue weighted by molar-refractivity contribution is 0.736. The molecule has 0 fully saturated rings. The number of fused-ring (bicyclic) bond motifs is 1. The predicted octanol–water partition coefficient (Wildman–Crippen LogP) is 4.14. The number of nitrogens with zero attached hydrogens (tertiary/aromatic N) is 4. The molecular formula is C20H16N4. The van der Waals surface area contributed by atoms with E-state index in [0.29, 0.717) is 0 Å². The first kappa shape index (κ1) is 14.3. The molecular weight excluding hydrogens is 296 g/mol. The molecule has 3 aromatic carbocycles. The van der Waals surface area contributed by atoms with Gasteiger partial charge in [-0.25, -0.2) is 9.67 Å². The lowest BCUT2D eigenvalue weighted by Crippen LogP contribution is -2.02. The Labute approximate surface area is 140 Å². The minimum Gasteiger partial charge on any atom is -0.248 e. The number of aromatic nitrogens is 3. The maximum absolute atomic E-state index is 4.90. The van der Waals surface area contributed by atoms with E-state index in [1.165, 1.54) is 0 Å². The molecule has 4 aromatic rings. The number of aryl methyl sites for hydroxylation is 1. The molecule has 0 aliphatic carbocycles. The number of rotatable bonds is 3. The van der Waals surface area contributed by atoms with Gasteiger partial charge in [-0.15, -0.1) is 5.10 Å². The number of aliphatic imine (C=N–C) groups is 1. The zero-order valence-corrected chi connectivity index (χ0v) is 13.3. The van der Waals surface area contributed by atoms with Gasteiger partial charge in [0.1, 0.15) is 5.52 Å². The van der Waals surface area contributed by atoms with Crippen LogP contribution < -0.4 is 0 Å². The fraction of sp³-hybridized carbons (Fsp3) is 0.0500. The van der Waals surface area contributed by atoms with Gasteiger partial charge >= 0.3 is 0 Å². The van der Waals surface area contributed by atoms with Gasteiger partial charge in [0.05, 0.1) is 16.9 Å². The maximum atomic E-state index is 4.90. The van der Waals surface area contributed by atoms with Crippen molar-refractivity contribution in [2.45, 2.75) is 0 Å². The van der Waals surface area contributed by atoms with E-state index in [1.54, 1.807) is 4.68 Å². The van der Waals surface area contributed by atoms with E-state index in [2.05, 4.69) is 34.6 Å². The van der Waals surface area contributed by atoms with Gasteiger partial charge in [0.15, 0.2) is 0 Å². The van der Waals surface area contributed by atoms with Crippen LogP contribution in [0.1, 0.15) is 11.1 Å². The van der Waals surface area contributed by atoms with Crippen molar-refractivity contribution in [2.24, 2.45) is 12.0 Å². The highest BCUT2D eigenvalue weighted by atomic mass is 15.4. The summed E-state index contributed by atoms with van der Waals surface area (Å²) >= 11 is 0. The first-order valence-electron chi connectivity index (χ1n) is 7.80. The minimum absolute atomic E-state index is 0.847. The van der Waals surface area contributed by atoms with E-state index < -0.39 is 0 Å². The third-order valence-corrected chi connectivity index (χ3v) is 3.93. The molecule has 0 saturated heterocycles. The van der Waals surface area contributed by atoms with Crippen LogP contribution in [-0.4, -0.2) is 20.7 Å². The lowest BCUT2D eigenvalue weighted by Gasteiger charge is -2.07. The Bertz CT molecular complexity index is 960. The number of hydrogen-bond donors (Lipinski definition) is 0. The van der Waals surface area contributed by atoms with Crippen LogP contribution in [0.3, 0.4) is 0 Å². The predicted molar refractivity (Wildman–Crippen MR) is 96.7 cm³/mol. The van der Waals surface area contributed by atoms with E-state index in [1.807, 2.05) is 61.6 Å². The topological polar surface area (TPSA) is 43.1 Å². The Balaban J connectivity index is 1.86. The highest BCUT2D eigenvalue weighted by molar-refractivity contribution is 6.14. The van der Waals surface area contributed by atoms with Crippen molar-refractivity contribution in [3.05, 3.63) is 90.0 Å². The minimum atomic E-state index is 0.847. The fourth-order valence-electron chi connectivity index (χ4n) is 2.72. The van der Waals surface area contributed by atoms with Crippen molar-refractivity contribution >= 4 is 22.4 Å². The molecule has 1 aromatic heterocycles. The summed E-state index contributed by atoms with van der Waals surface area (Å²) in [7, 11) is 1.89. The van der Waals surface area contributed by atoms with E-state index in [0.717, 1.165) is 33.6 Å². The molecule has 4 heteroatoms. The second kappa shape index (κ2) is 6.08. The van der Waals surface area contributed by atoms with Gasteiger partial charge in [0.25, 0.3) is 0 Å². The largest absolute Gasteiger partial charge is 0.248 e. The molecule has 1 heterocycles. The van der Waals surface area contributed by atoms with Crippen LogP contribution in [0.5, 0.6) is 0 Å². The van der Waals surface area contributed by atoms with Crippen molar-refractivity contribution in [3.8, 4) is 0 Å². The van der Waals surface area contributed by atoms with Crippen LogP contribution in [0.25, 0.3) is 11.0 Å². The molecule has 0 spiro atoms. The van der Waals surface area contributed by atoms with Crippen molar-refractivity contribution in [1.82, 2.24) is 15.0 Å². The summed E-state index contributed by atoms with van der Waals surface area (Å²) in [5.74, 6) is 0. The number of hydrogen-bond acceptors (Lipinski definition) is 3. The van der Waals surface area contributed by atoms with Crippen molar-refractivity contribution < 1.29 is 0 Å². The molecule has 0 aliphatic rings. The van der Waals surface area contributed by atoms with E-state index in [9.17, 15) is 0 Å². The highest BCUT2D eigenvalue weighted by Crippen LogP contribution is 2.22. The molecule has 4 nitrogen and oxygen atoms in total. The smallest absolute Gasteiger partial charge is 0.115 e. The number of benzene rings is 3. The molecule has 0 unspecified atom stereocenters. The van der Waals surface area contributed by atoms with Gasteiger partial charge in [-0.05, 0) is 18.2 Å². The Morgan fingerprint density at radius 1 is 0.833 bits per heavy atom. The Hall–Kier alpha value is -3.27. The third kappa shape index (κ3) is 2.70. The van der Waals surface area contributed by atoms with E-state index in [4.69, 9.17) is 4.99 Å². The Morgan fingerprint density at radius 3 is 2.08 bits per heavy atom. The van der Waals surface area contributed by atoms with Crippen LogP contribution in [0.4, 0.5) is 5.69 Å². The Kier molecular flexibility index (Phi) is 3.63. The van der Waals surface area contributed by atoms with Crippen LogP contribution in [0.15, 0.2) is 83.9 Å². The van der Waals surface area contributed by atoms with Crippen molar-refractivity contribution in [2.75, 3.05) is 0 Å². The van der Waals surface area contributed by atoms with Gasteiger partial charge in [0.2, 0.25) is 0 Å². The Morgan fingerprint density at radius 2 is 1.46 bits per heavy atom. The van der Waals surface area contributed by atoms with Crippen LogP contribution in [0, 0.1) is 0 Å². The molecule has 0 atom stereocenters. The molecule has 4 rings (SSSR count). The van der Waals surface area contributed by atoms with Gasteiger partial charge < -0.3 is 0 Å². The molecule has 0 bridgehead atoms. The molecule has 0 aliphatic heterocycles. The average Bonchev–Trinajstić information content (AvgIpc) is 3.02. The summed E-state index contributed by atoms with van der Waals surface area (Å²) in [6.45, 7) is 0. The van der Waals surface area contributed by atoms with Crippen LogP contribution >= 0.6 is 0 Å². The van der Waals surface area contributed by atoms with Crippen molar-refractivity contribution in [1.29, 1.82) is 0 Å². The lowest BCUT2D eigenvalue weighted by atomic mass is 10.0. The van der Waals surface area contributed by atoms with Crippen LogP contribution in [0.2, 0.25) is 0 Å². The molecule has 0 N–H and O–H groups in total. The molecule has 0 amide bonds. The highest BCUT2D eigenvalue weighted by Gasteiger charge is 2.08. The van der Waals surface area contributed by atoms with Crippen LogP contribution in [-0.2, 0) is 7.05 Å². The summed E-state index contributed by atoms with van der Waals surface area (Å²) in [4.78, 5) is 4.90.